The van der Waals surface area contributed by atoms with E-state index in [1.165, 1.54) is 0 Å². The van der Waals surface area contributed by atoms with Gasteiger partial charge in [0.15, 0.2) is 5.17 Å². The molecule has 2 aromatic rings. The van der Waals surface area contributed by atoms with Crippen LogP contribution in [0.15, 0.2) is 64.8 Å². The third kappa shape index (κ3) is 6.10. The number of nitrogens with one attached hydrogen (secondary N) is 1. The molecule has 1 fully saturated rings. The molecule has 0 bridgehead atoms. The Kier molecular flexibility index (Phi) is 8.36. The lowest BCUT2D eigenvalue weighted by molar-refractivity contribution is -0.141. The number of thioether (sulfide) groups is 1. The van der Waals surface area contributed by atoms with Crippen LogP contribution in [0, 0.1) is 5.92 Å². The highest BCUT2D eigenvalue weighted by Gasteiger charge is 2.38. The van der Waals surface area contributed by atoms with Gasteiger partial charge < -0.3 is 19.7 Å². The molecule has 1 saturated heterocycles. The van der Waals surface area contributed by atoms with Gasteiger partial charge in [-0.2, -0.15) is 0 Å². The number of esters is 1. The van der Waals surface area contributed by atoms with Crippen LogP contribution in [0.4, 0.5) is 5.69 Å². The van der Waals surface area contributed by atoms with Crippen LogP contribution in [0.5, 0.6) is 5.75 Å². The van der Waals surface area contributed by atoms with Gasteiger partial charge in [-0.1, -0.05) is 49.9 Å². The summed E-state index contributed by atoms with van der Waals surface area (Å²) in [5.74, 6) is 1.55. The van der Waals surface area contributed by atoms with Gasteiger partial charge in [0, 0.05) is 18.0 Å². The van der Waals surface area contributed by atoms with E-state index in [0.717, 1.165) is 40.8 Å². The van der Waals surface area contributed by atoms with E-state index >= 15 is 0 Å². The number of nitrogens with zero attached hydrogens (tertiary/aromatic N) is 2. The molecule has 2 aromatic carbocycles. The number of aliphatic imine (C=N–C) groups is 1. The number of benzene rings is 2. The normalized spacial score (nSPS) is 17.4. The van der Waals surface area contributed by atoms with Gasteiger partial charge in [0.2, 0.25) is 5.91 Å². The number of hydrogen-bond acceptors (Lipinski definition) is 7. The number of rotatable bonds is 8. The van der Waals surface area contributed by atoms with Crippen LogP contribution < -0.4 is 10.1 Å². The van der Waals surface area contributed by atoms with Crippen molar-refractivity contribution >= 4 is 34.5 Å². The predicted molar refractivity (Wildman–Crippen MR) is 144 cm³/mol. The van der Waals surface area contributed by atoms with Gasteiger partial charge in [0.25, 0.3) is 0 Å². The van der Waals surface area contributed by atoms with Crippen LogP contribution in [0.25, 0.3) is 0 Å². The molecular weight excluding hydrogens is 474 g/mol. The molecule has 1 amide bonds. The summed E-state index contributed by atoms with van der Waals surface area (Å²) >= 11 is 1.71. The second-order valence-electron chi connectivity index (χ2n) is 9.38. The van der Waals surface area contributed by atoms with E-state index in [4.69, 9.17) is 14.5 Å². The minimum Gasteiger partial charge on any atom is -0.497 e. The SMILES string of the molecule is COc1ccc(CC(=O)Nc2cccc(C3C(C(=O)OCC(C)C)=C(C)N=C4SCCCN43)c2)cc1. The summed E-state index contributed by atoms with van der Waals surface area (Å²) in [6, 6.07) is 14.9. The molecule has 1 unspecified atom stereocenters. The monoisotopic (exact) mass is 507 g/mol. The highest BCUT2D eigenvalue weighted by Crippen LogP contribution is 2.40. The minimum absolute atomic E-state index is 0.111. The molecule has 0 aromatic heterocycles. The summed E-state index contributed by atoms with van der Waals surface area (Å²) in [4.78, 5) is 32.9. The van der Waals surface area contributed by atoms with Crippen LogP contribution in [0.3, 0.4) is 0 Å². The van der Waals surface area contributed by atoms with Gasteiger partial charge in [-0.05, 0) is 54.7 Å². The number of amidine groups is 1. The number of amides is 1. The van der Waals surface area contributed by atoms with E-state index in [-0.39, 0.29) is 30.3 Å². The maximum atomic E-state index is 13.2. The van der Waals surface area contributed by atoms with Gasteiger partial charge >= 0.3 is 5.97 Å². The van der Waals surface area contributed by atoms with Crippen LogP contribution in [-0.2, 0) is 20.7 Å². The van der Waals surface area contributed by atoms with Crippen molar-refractivity contribution in [3.8, 4) is 5.75 Å². The van der Waals surface area contributed by atoms with Crippen molar-refractivity contribution in [1.82, 2.24) is 4.90 Å². The highest BCUT2D eigenvalue weighted by molar-refractivity contribution is 8.13. The highest BCUT2D eigenvalue weighted by atomic mass is 32.2. The third-order valence-corrected chi connectivity index (χ3v) is 7.11. The van der Waals surface area contributed by atoms with Crippen LogP contribution >= 0.6 is 11.8 Å². The molecule has 190 valence electrons. The smallest absolute Gasteiger partial charge is 0.338 e. The molecule has 2 heterocycles. The van der Waals surface area contributed by atoms with Gasteiger partial charge in [0.05, 0.1) is 37.4 Å². The Morgan fingerprint density at radius 2 is 1.97 bits per heavy atom. The second-order valence-corrected chi connectivity index (χ2v) is 10.4. The zero-order chi connectivity index (χ0) is 25.7. The van der Waals surface area contributed by atoms with Gasteiger partial charge in [-0.3, -0.25) is 4.79 Å². The number of methoxy groups -OCH3 is 1. The molecule has 8 heteroatoms. The average molecular weight is 508 g/mol. The summed E-state index contributed by atoms with van der Waals surface area (Å²) in [6.07, 6.45) is 1.26. The van der Waals surface area contributed by atoms with Gasteiger partial charge in [-0.25, -0.2) is 9.79 Å². The summed E-state index contributed by atoms with van der Waals surface area (Å²) in [5, 5.41) is 3.94. The van der Waals surface area contributed by atoms with Crippen LogP contribution in [0.2, 0.25) is 0 Å². The fourth-order valence-electron chi connectivity index (χ4n) is 4.32. The number of carbonyl (C=O) groups excluding carboxylic acids is 2. The average Bonchev–Trinajstić information content (AvgIpc) is 2.87. The molecule has 4 rings (SSSR count). The van der Waals surface area contributed by atoms with E-state index in [9.17, 15) is 9.59 Å². The number of fused-ring (bicyclic) bond motifs is 1. The topological polar surface area (TPSA) is 80.2 Å². The summed E-state index contributed by atoms with van der Waals surface area (Å²) in [6.45, 7) is 7.07. The Labute approximate surface area is 217 Å². The van der Waals surface area contributed by atoms with Crippen molar-refractivity contribution in [3.63, 3.8) is 0 Å². The lowest BCUT2D eigenvalue weighted by Crippen LogP contribution is -2.42. The maximum absolute atomic E-state index is 13.2. The lowest BCUT2D eigenvalue weighted by atomic mass is 9.94. The molecule has 0 aliphatic carbocycles. The fraction of sp³-hybridized carbons (Fsp3) is 0.393. The van der Waals surface area contributed by atoms with Gasteiger partial charge in [-0.15, -0.1) is 0 Å². The standard InChI is InChI=1S/C28H33N3O4S/c1-18(2)17-35-27(33)25-19(3)29-28-31(13-6-14-36-28)26(25)21-7-5-8-22(16-21)30-24(32)15-20-9-11-23(34-4)12-10-20/h5,7-12,16,18,26H,6,13-15,17H2,1-4H3,(H,30,32). The van der Waals surface area contributed by atoms with Crippen LogP contribution in [0.1, 0.15) is 44.4 Å². The number of hydrogen-bond donors (Lipinski definition) is 1. The molecular formula is C28H33N3O4S. The molecule has 36 heavy (non-hydrogen) atoms. The first-order valence-corrected chi connectivity index (χ1v) is 13.2. The Morgan fingerprint density at radius 1 is 1.19 bits per heavy atom. The number of anilines is 1. The van der Waals surface area contributed by atoms with Crippen molar-refractivity contribution in [2.75, 3.05) is 31.3 Å². The van der Waals surface area contributed by atoms with Crippen LogP contribution in [-0.4, -0.2) is 48.0 Å². The molecule has 2 aliphatic rings. The molecule has 0 saturated carbocycles. The molecule has 2 aliphatic heterocycles. The number of carbonyl (C=O) groups is 2. The van der Waals surface area contributed by atoms with Crippen molar-refractivity contribution < 1.29 is 19.1 Å². The van der Waals surface area contributed by atoms with E-state index < -0.39 is 0 Å². The van der Waals surface area contributed by atoms with E-state index in [1.54, 1.807) is 18.9 Å². The first-order chi connectivity index (χ1) is 17.4. The van der Waals surface area contributed by atoms with E-state index in [1.807, 2.05) is 69.3 Å². The molecule has 7 nitrogen and oxygen atoms in total. The fourth-order valence-corrected chi connectivity index (χ4v) is 5.34. The third-order valence-electron chi connectivity index (χ3n) is 6.04. The molecule has 1 N–H and O–H groups in total. The van der Waals surface area contributed by atoms with Gasteiger partial charge in [0.1, 0.15) is 5.75 Å². The number of ether oxygens (including phenoxy) is 2. The largest absolute Gasteiger partial charge is 0.497 e. The second kappa shape index (κ2) is 11.6. The van der Waals surface area contributed by atoms with Crippen molar-refractivity contribution in [1.29, 1.82) is 0 Å². The van der Waals surface area contributed by atoms with E-state index in [2.05, 4.69) is 10.2 Å². The molecule has 0 spiro atoms. The Hall–Kier alpha value is -3.26. The van der Waals surface area contributed by atoms with Crippen molar-refractivity contribution in [2.45, 2.75) is 39.7 Å². The maximum Gasteiger partial charge on any atom is 0.338 e. The zero-order valence-corrected chi connectivity index (χ0v) is 22.1. The number of allylic oxidation sites excluding steroid dienone is 1. The zero-order valence-electron chi connectivity index (χ0n) is 21.2. The molecule has 0 radical (unpaired) electrons. The summed E-state index contributed by atoms with van der Waals surface area (Å²) < 4.78 is 10.8. The lowest BCUT2D eigenvalue weighted by Gasteiger charge is -2.40. The molecule has 1 atom stereocenters. The first kappa shape index (κ1) is 25.8. The van der Waals surface area contributed by atoms with Crippen molar-refractivity contribution in [3.05, 3.63) is 70.9 Å². The Balaban J connectivity index is 1.58. The quantitative estimate of drug-likeness (QED) is 0.495. The summed E-state index contributed by atoms with van der Waals surface area (Å²) in [7, 11) is 1.62. The first-order valence-electron chi connectivity index (χ1n) is 12.2. The Bertz CT molecular complexity index is 1170. The van der Waals surface area contributed by atoms with E-state index in [0.29, 0.717) is 23.6 Å². The van der Waals surface area contributed by atoms with Crippen molar-refractivity contribution in [2.24, 2.45) is 10.9 Å². The predicted octanol–water partition coefficient (Wildman–Crippen LogP) is 5.20. The summed E-state index contributed by atoms with van der Waals surface area (Å²) in [5.41, 5.74) is 3.75. The minimum atomic E-state index is -0.335. The Morgan fingerprint density at radius 3 is 2.69 bits per heavy atom.